The molecule has 0 aromatic rings. The molecule has 1 spiro atoms. The minimum atomic E-state index is -1.87. The zero-order valence-corrected chi connectivity index (χ0v) is 41.9. The van der Waals surface area contributed by atoms with E-state index in [9.17, 15) is 19.8 Å². The lowest BCUT2D eigenvalue weighted by Crippen LogP contribution is -2.59. The van der Waals surface area contributed by atoms with Crippen molar-refractivity contribution in [3.63, 3.8) is 0 Å². The summed E-state index contributed by atoms with van der Waals surface area (Å²) in [6.07, 6.45) is 6.43. The van der Waals surface area contributed by atoms with Crippen molar-refractivity contribution in [3.05, 3.63) is 47.1 Å². The molecule has 20 atom stereocenters. The number of hydrogen-bond donors (Lipinski definition) is 2. The molecule has 7 rings (SSSR count). The lowest BCUT2D eigenvalue weighted by Gasteiger charge is -2.51. The van der Waals surface area contributed by atoms with E-state index in [1.54, 1.807) is 54.1 Å². The van der Waals surface area contributed by atoms with Gasteiger partial charge in [-0.3, -0.25) is 9.59 Å². The van der Waals surface area contributed by atoms with Crippen LogP contribution in [0.4, 0.5) is 0 Å². The zero-order chi connectivity index (χ0) is 48.5. The highest BCUT2D eigenvalue weighted by atomic mass is 16.7. The van der Waals surface area contributed by atoms with Gasteiger partial charge in [-0.05, 0) is 69.1 Å². The molecular weight excluding hydrogens is 865 g/mol. The van der Waals surface area contributed by atoms with Crippen LogP contribution in [0.15, 0.2) is 47.1 Å². The number of methoxy groups -OCH3 is 2. The van der Waals surface area contributed by atoms with Gasteiger partial charge in [0.15, 0.2) is 24.5 Å². The summed E-state index contributed by atoms with van der Waals surface area (Å²) in [7, 11) is 3.22. The van der Waals surface area contributed by atoms with Crippen molar-refractivity contribution in [1.82, 2.24) is 0 Å². The Labute approximate surface area is 398 Å². The Kier molecular flexibility index (Phi) is 17.0. The molecule has 5 fully saturated rings. The Morgan fingerprint density at radius 3 is 2.31 bits per heavy atom. The predicted octanol–water partition coefficient (Wildman–Crippen LogP) is 6.81. The Morgan fingerprint density at radius 2 is 1.61 bits per heavy atom. The van der Waals surface area contributed by atoms with Gasteiger partial charge in [0.25, 0.3) is 0 Å². The molecule has 378 valence electrons. The van der Waals surface area contributed by atoms with Gasteiger partial charge in [0.1, 0.15) is 35.9 Å². The lowest BCUT2D eigenvalue weighted by molar-refractivity contribution is -0.340. The summed E-state index contributed by atoms with van der Waals surface area (Å²) in [5.41, 5.74) is 0.169. The SMILES string of the molecule is CC[C@H](C)[C@H]1O[C@]2(CC[C@@H]1C)C[C@@H]1C[C@@H](C/C=C(\C)[C@@H](O[C@H]3C[C@H](OC)[C@@H](O[C@H]4C[C@H](OC)[C@@H](O)[C@H](C)O4)[C@H](C)O3)[C@@H](C)/C=C/C=C3\CO[C@@H]4[C@H](OC(=O)C(C)C)C(C)=C[C@@H](C(=O)O1)[C@]34O)O2. The minimum absolute atomic E-state index is 0.0117. The molecule has 1 aliphatic carbocycles. The summed E-state index contributed by atoms with van der Waals surface area (Å²) in [6.45, 7) is 19.8. The minimum Gasteiger partial charge on any atom is -0.462 e. The molecular formula is C52H80O15. The summed E-state index contributed by atoms with van der Waals surface area (Å²) in [4.78, 5) is 27.7. The maximum Gasteiger partial charge on any atom is 0.316 e. The number of hydrogen-bond acceptors (Lipinski definition) is 15. The van der Waals surface area contributed by atoms with Crippen LogP contribution in [0.2, 0.25) is 0 Å². The van der Waals surface area contributed by atoms with E-state index in [4.69, 9.17) is 52.1 Å². The first-order valence-electron chi connectivity index (χ1n) is 25.0. The summed E-state index contributed by atoms with van der Waals surface area (Å²) >= 11 is 0. The second kappa shape index (κ2) is 21.8. The summed E-state index contributed by atoms with van der Waals surface area (Å²) in [5.74, 6) is -3.09. The van der Waals surface area contributed by atoms with Gasteiger partial charge in [0, 0.05) is 52.2 Å². The van der Waals surface area contributed by atoms with Crippen LogP contribution in [-0.4, -0.2) is 140 Å². The second-order valence-electron chi connectivity index (χ2n) is 20.9. The van der Waals surface area contributed by atoms with E-state index in [0.717, 1.165) is 18.4 Å². The maximum atomic E-state index is 14.7. The lowest BCUT2D eigenvalue weighted by atomic mass is 9.70. The molecule has 2 bridgehead atoms. The van der Waals surface area contributed by atoms with Crippen LogP contribution >= 0.6 is 0 Å². The highest BCUT2D eigenvalue weighted by Crippen LogP contribution is 2.49. The Hall–Kier alpha value is -2.54. The molecule has 0 unspecified atom stereocenters. The van der Waals surface area contributed by atoms with Crippen LogP contribution in [0, 0.1) is 29.6 Å². The summed E-state index contributed by atoms with van der Waals surface area (Å²) < 4.78 is 70.5. The first-order chi connectivity index (χ1) is 31.8. The third-order valence-corrected chi connectivity index (χ3v) is 15.6. The van der Waals surface area contributed by atoms with E-state index in [0.29, 0.717) is 61.5 Å². The largest absolute Gasteiger partial charge is 0.462 e. The van der Waals surface area contributed by atoms with Gasteiger partial charge in [0.05, 0.1) is 55.3 Å². The van der Waals surface area contributed by atoms with Crippen LogP contribution in [0.3, 0.4) is 0 Å². The van der Waals surface area contributed by atoms with Gasteiger partial charge in [-0.1, -0.05) is 78.3 Å². The molecule has 6 heterocycles. The van der Waals surface area contributed by atoms with Gasteiger partial charge < -0.3 is 62.3 Å². The smallest absolute Gasteiger partial charge is 0.316 e. The average Bonchev–Trinajstić information content (AvgIpc) is 3.63. The van der Waals surface area contributed by atoms with Crippen molar-refractivity contribution in [3.8, 4) is 0 Å². The molecule has 5 saturated heterocycles. The number of fused-ring (bicyclic) bond motifs is 2. The van der Waals surface area contributed by atoms with Crippen molar-refractivity contribution in [1.29, 1.82) is 0 Å². The number of allylic oxidation sites excluding steroid dienone is 2. The Balaban J connectivity index is 1.20. The number of carbonyl (C=O) groups excluding carboxylic acids is 2. The van der Waals surface area contributed by atoms with Crippen LogP contribution in [0.5, 0.6) is 0 Å². The zero-order valence-electron chi connectivity index (χ0n) is 41.9. The van der Waals surface area contributed by atoms with Crippen LogP contribution in [0.25, 0.3) is 0 Å². The molecule has 6 aliphatic heterocycles. The quantitative estimate of drug-likeness (QED) is 0.173. The highest BCUT2D eigenvalue weighted by molar-refractivity contribution is 5.79. The van der Waals surface area contributed by atoms with E-state index in [-0.39, 0.29) is 24.7 Å². The normalized spacial score (nSPS) is 46.6. The molecule has 0 saturated carbocycles. The van der Waals surface area contributed by atoms with E-state index < -0.39 is 109 Å². The van der Waals surface area contributed by atoms with Crippen molar-refractivity contribution < 1.29 is 71.9 Å². The number of esters is 2. The van der Waals surface area contributed by atoms with E-state index >= 15 is 0 Å². The van der Waals surface area contributed by atoms with Crippen molar-refractivity contribution >= 4 is 11.9 Å². The van der Waals surface area contributed by atoms with Gasteiger partial charge in [0.2, 0.25) is 0 Å². The molecule has 15 nitrogen and oxygen atoms in total. The number of aliphatic hydroxyl groups excluding tert-OH is 1. The fourth-order valence-corrected chi connectivity index (χ4v) is 11.4. The average molecular weight is 945 g/mol. The molecule has 0 aromatic carbocycles. The monoisotopic (exact) mass is 945 g/mol. The van der Waals surface area contributed by atoms with Gasteiger partial charge >= 0.3 is 11.9 Å². The number of carbonyl (C=O) groups is 2. The molecule has 67 heavy (non-hydrogen) atoms. The molecule has 2 N–H and O–H groups in total. The number of rotatable bonds is 10. The van der Waals surface area contributed by atoms with Crippen LogP contribution < -0.4 is 0 Å². The van der Waals surface area contributed by atoms with E-state index in [1.807, 2.05) is 19.1 Å². The third kappa shape index (κ3) is 11.2. The third-order valence-electron chi connectivity index (χ3n) is 15.6. The van der Waals surface area contributed by atoms with E-state index in [1.165, 1.54) is 0 Å². The predicted molar refractivity (Wildman–Crippen MR) is 246 cm³/mol. The summed E-state index contributed by atoms with van der Waals surface area (Å²) in [6, 6.07) is 0. The highest BCUT2D eigenvalue weighted by Gasteiger charge is 2.61. The standard InChI is InChI=1S/C52H80O15/c1-13-28(4)45-31(7)19-20-51(67-45)25-37-22-36(66-51)18-17-30(6)44(63-42-24-40(58-12)47(34(10)61-42)64-41-23-39(57-11)43(53)33(9)60-41)29(5)15-14-16-35-26-59-48-46(65-49(54)27(2)3)32(8)21-38(50(55)62-37)52(35,48)56/h14-17,21,27-29,31,33-34,36-48,53,56H,13,18-20,22-26H2,1-12H3/b15-14+,30-17+,35-16+/t28-,29-,31-,33-,34-,36+,37-,38-,39-,40-,41-,42-,43-,44-,45+,46+,47-,48+,51+,52+/m0/s1. The fourth-order valence-electron chi connectivity index (χ4n) is 11.4. The van der Waals surface area contributed by atoms with Gasteiger partial charge in [-0.2, -0.15) is 0 Å². The maximum absolute atomic E-state index is 14.7. The molecule has 15 heteroatoms. The molecule has 0 radical (unpaired) electrons. The van der Waals surface area contributed by atoms with Crippen molar-refractivity contribution in [2.24, 2.45) is 29.6 Å². The van der Waals surface area contributed by atoms with Gasteiger partial charge in [-0.25, -0.2) is 0 Å². The Bertz CT molecular complexity index is 1840. The second-order valence-corrected chi connectivity index (χ2v) is 20.9. The van der Waals surface area contributed by atoms with E-state index in [2.05, 4.69) is 40.7 Å². The first kappa shape index (κ1) is 52.3. The van der Waals surface area contributed by atoms with Crippen molar-refractivity contribution in [2.45, 2.75) is 218 Å². The first-order valence-corrected chi connectivity index (χ1v) is 25.0. The van der Waals surface area contributed by atoms with Crippen molar-refractivity contribution in [2.75, 3.05) is 20.8 Å². The van der Waals surface area contributed by atoms with Crippen LogP contribution in [0.1, 0.15) is 121 Å². The fraction of sp³-hybridized carbons (Fsp3) is 0.808. The molecule has 7 aliphatic rings. The number of ether oxygens (including phenoxy) is 11. The topological polar surface area (TPSA) is 176 Å². The summed E-state index contributed by atoms with van der Waals surface area (Å²) in [5, 5.41) is 23.5. The molecule has 0 amide bonds. The number of aliphatic hydroxyl groups is 2. The van der Waals surface area contributed by atoms with Gasteiger partial charge in [-0.15, -0.1) is 0 Å². The molecule has 0 aromatic heterocycles. The van der Waals surface area contributed by atoms with Crippen LogP contribution in [-0.2, 0) is 61.7 Å². The Morgan fingerprint density at radius 1 is 0.910 bits per heavy atom.